The maximum Gasteiger partial charge on any atom is 0.220 e. The Bertz CT molecular complexity index is 858. The van der Waals surface area contributed by atoms with E-state index in [0.717, 1.165) is 51.4 Å². The molecule has 0 aromatic heterocycles. The van der Waals surface area contributed by atoms with Crippen molar-refractivity contribution in [3.8, 4) is 0 Å². The summed E-state index contributed by atoms with van der Waals surface area (Å²) in [6.45, 7) is 4.26. The van der Waals surface area contributed by atoms with Gasteiger partial charge in [0.15, 0.2) is 0 Å². The lowest BCUT2D eigenvalue weighted by molar-refractivity contribution is -0.123. The predicted octanol–water partition coefficient (Wildman–Crippen LogP) is 13.7. The fraction of sp³-hybridized carbons (Fsp3) is 0.766. The first kappa shape index (κ1) is 49.1. The van der Waals surface area contributed by atoms with Crippen molar-refractivity contribution in [1.82, 2.24) is 5.32 Å². The molecule has 0 aliphatic heterocycles. The highest BCUT2D eigenvalue weighted by molar-refractivity contribution is 5.76. The molecule has 296 valence electrons. The summed E-state index contributed by atoms with van der Waals surface area (Å²) < 4.78 is 0. The van der Waals surface area contributed by atoms with Crippen molar-refractivity contribution in [3.05, 3.63) is 60.8 Å². The van der Waals surface area contributed by atoms with E-state index in [4.69, 9.17) is 0 Å². The largest absolute Gasteiger partial charge is 0.394 e. The van der Waals surface area contributed by atoms with E-state index in [9.17, 15) is 15.0 Å². The van der Waals surface area contributed by atoms with Gasteiger partial charge in [0.25, 0.3) is 0 Å². The van der Waals surface area contributed by atoms with Crippen molar-refractivity contribution in [3.63, 3.8) is 0 Å². The van der Waals surface area contributed by atoms with E-state index in [2.05, 4.69) is 67.8 Å². The van der Waals surface area contributed by atoms with E-state index in [1.807, 2.05) is 6.08 Å². The lowest BCUT2D eigenvalue weighted by Gasteiger charge is -2.19. The van der Waals surface area contributed by atoms with Crippen LogP contribution >= 0.6 is 0 Å². The minimum Gasteiger partial charge on any atom is -0.394 e. The third kappa shape index (κ3) is 39.1. The lowest BCUT2D eigenvalue weighted by Crippen LogP contribution is -2.45. The van der Waals surface area contributed by atoms with Gasteiger partial charge in [0.2, 0.25) is 5.91 Å². The van der Waals surface area contributed by atoms with Crippen LogP contribution in [0.4, 0.5) is 0 Å². The maximum atomic E-state index is 12.3. The van der Waals surface area contributed by atoms with Crippen molar-refractivity contribution >= 4 is 5.91 Å². The molecule has 4 nitrogen and oxygen atoms in total. The maximum absolute atomic E-state index is 12.3. The van der Waals surface area contributed by atoms with E-state index in [-0.39, 0.29) is 12.5 Å². The monoisotopic (exact) mass is 712 g/mol. The molecular formula is C47H85NO3. The molecule has 1 amide bonds. The minimum atomic E-state index is -0.876. The number of hydrogen-bond acceptors (Lipinski definition) is 3. The molecule has 3 N–H and O–H groups in total. The highest BCUT2D eigenvalue weighted by Gasteiger charge is 2.17. The highest BCUT2D eigenvalue weighted by Crippen LogP contribution is 2.14. The van der Waals surface area contributed by atoms with Crippen LogP contribution < -0.4 is 5.32 Å². The SMILES string of the molecule is CCCCC/C=C\C=C/CCCCCCCCC(=O)NC(CO)C(O)/C=C/CC/C=C/CC/C=C/CCCCCCCCCCCCCCCC. The first-order valence-electron chi connectivity index (χ1n) is 22.0. The number of aliphatic hydroxyl groups is 2. The number of nitrogens with one attached hydrogen (secondary N) is 1. The molecule has 0 rings (SSSR count). The standard InChI is InChI=1S/C47H85NO3/c1-3-5-7-9-11-13-15-17-19-20-21-22-23-24-25-26-27-29-30-32-34-36-38-40-42-46(50)45(44-49)48-47(51)43-41-39-37-35-33-31-28-18-16-14-12-10-8-6-4-2/h12,14,16,18,26-27,32,34,40,42,45-46,49-50H,3-11,13,15,17,19-25,28-31,33,35-39,41,43-44H2,1-2H3,(H,48,51)/b14-12-,18-16-,27-26+,34-32+,42-40+. The van der Waals surface area contributed by atoms with Gasteiger partial charge in [-0.05, 0) is 70.6 Å². The van der Waals surface area contributed by atoms with Crippen molar-refractivity contribution in [2.24, 2.45) is 0 Å². The van der Waals surface area contributed by atoms with Gasteiger partial charge in [0, 0.05) is 6.42 Å². The number of hydrogen-bond donors (Lipinski definition) is 3. The molecule has 0 spiro atoms. The Morgan fingerprint density at radius 2 is 0.824 bits per heavy atom. The summed E-state index contributed by atoms with van der Waals surface area (Å²) in [6, 6.07) is -0.653. The number of carbonyl (C=O) groups excluding carboxylic acids is 1. The molecule has 0 aromatic rings. The van der Waals surface area contributed by atoms with Gasteiger partial charge in [-0.15, -0.1) is 0 Å². The molecule has 2 unspecified atom stereocenters. The molecule has 0 aliphatic rings. The van der Waals surface area contributed by atoms with Gasteiger partial charge in [-0.25, -0.2) is 0 Å². The van der Waals surface area contributed by atoms with Crippen molar-refractivity contribution < 1.29 is 15.0 Å². The van der Waals surface area contributed by atoms with Gasteiger partial charge < -0.3 is 15.5 Å². The summed E-state index contributed by atoms with van der Waals surface area (Å²) in [5.41, 5.74) is 0. The van der Waals surface area contributed by atoms with Crippen LogP contribution in [0.5, 0.6) is 0 Å². The molecule has 2 atom stereocenters. The van der Waals surface area contributed by atoms with Crippen LogP contribution in [-0.2, 0) is 4.79 Å². The van der Waals surface area contributed by atoms with E-state index in [0.29, 0.717) is 6.42 Å². The molecule has 0 radical (unpaired) electrons. The van der Waals surface area contributed by atoms with Crippen LogP contribution in [-0.4, -0.2) is 34.9 Å². The highest BCUT2D eigenvalue weighted by atomic mass is 16.3. The van der Waals surface area contributed by atoms with Gasteiger partial charge in [-0.3, -0.25) is 4.79 Å². The average molecular weight is 712 g/mol. The summed E-state index contributed by atoms with van der Waals surface area (Å²) in [4.78, 5) is 12.3. The Labute approximate surface area is 317 Å². The lowest BCUT2D eigenvalue weighted by atomic mass is 10.0. The quantitative estimate of drug-likeness (QED) is 0.0338. The van der Waals surface area contributed by atoms with E-state index in [1.165, 1.54) is 141 Å². The summed E-state index contributed by atoms with van der Waals surface area (Å²) in [7, 11) is 0. The second kappa shape index (κ2) is 42.5. The van der Waals surface area contributed by atoms with Crippen LogP contribution in [0, 0.1) is 0 Å². The zero-order valence-electron chi connectivity index (χ0n) is 33.9. The van der Waals surface area contributed by atoms with Gasteiger partial charge in [-0.2, -0.15) is 0 Å². The Hall–Kier alpha value is -1.91. The molecule has 0 fully saturated rings. The molecule has 0 bridgehead atoms. The van der Waals surface area contributed by atoms with Gasteiger partial charge in [0.05, 0.1) is 18.8 Å². The van der Waals surface area contributed by atoms with Crippen LogP contribution in [0.15, 0.2) is 60.8 Å². The minimum absolute atomic E-state index is 0.0917. The van der Waals surface area contributed by atoms with Crippen molar-refractivity contribution in [2.45, 2.75) is 225 Å². The molecule has 51 heavy (non-hydrogen) atoms. The van der Waals surface area contributed by atoms with Crippen LogP contribution in [0.3, 0.4) is 0 Å². The van der Waals surface area contributed by atoms with Gasteiger partial charge in [-0.1, -0.05) is 197 Å². The van der Waals surface area contributed by atoms with Crippen LogP contribution in [0.1, 0.15) is 213 Å². The third-order valence-corrected chi connectivity index (χ3v) is 9.73. The normalized spacial score (nSPS) is 13.6. The molecule has 0 heterocycles. The molecule has 0 saturated heterocycles. The number of aliphatic hydroxyl groups excluding tert-OH is 2. The Morgan fingerprint density at radius 1 is 0.471 bits per heavy atom. The molecule has 0 aromatic carbocycles. The molecule has 4 heteroatoms. The van der Waals surface area contributed by atoms with E-state index < -0.39 is 12.1 Å². The molecule has 0 aliphatic carbocycles. The fourth-order valence-corrected chi connectivity index (χ4v) is 6.32. The van der Waals surface area contributed by atoms with E-state index in [1.54, 1.807) is 6.08 Å². The average Bonchev–Trinajstić information content (AvgIpc) is 3.13. The summed E-state index contributed by atoms with van der Waals surface area (Å²) in [5, 5.41) is 23.0. The topological polar surface area (TPSA) is 69.6 Å². The molecular weight excluding hydrogens is 627 g/mol. The van der Waals surface area contributed by atoms with Crippen molar-refractivity contribution in [1.29, 1.82) is 0 Å². The van der Waals surface area contributed by atoms with Gasteiger partial charge in [0.1, 0.15) is 0 Å². The zero-order valence-corrected chi connectivity index (χ0v) is 33.9. The molecule has 0 saturated carbocycles. The Balaban J connectivity index is 3.66. The number of rotatable bonds is 39. The number of carbonyl (C=O) groups is 1. The second-order valence-corrected chi connectivity index (χ2v) is 14.8. The Morgan fingerprint density at radius 3 is 1.29 bits per heavy atom. The Kier molecular flexibility index (Phi) is 40.9. The summed E-state index contributed by atoms with van der Waals surface area (Å²) in [6.07, 6.45) is 59.0. The zero-order chi connectivity index (χ0) is 37.1. The first-order chi connectivity index (χ1) is 25.2. The summed E-state index contributed by atoms with van der Waals surface area (Å²) in [5.74, 6) is -0.0917. The number of allylic oxidation sites excluding steroid dienone is 9. The number of amides is 1. The van der Waals surface area contributed by atoms with Crippen LogP contribution in [0.2, 0.25) is 0 Å². The third-order valence-electron chi connectivity index (χ3n) is 9.73. The van der Waals surface area contributed by atoms with Crippen LogP contribution in [0.25, 0.3) is 0 Å². The first-order valence-corrected chi connectivity index (χ1v) is 22.0. The second-order valence-electron chi connectivity index (χ2n) is 14.8. The predicted molar refractivity (Wildman–Crippen MR) is 225 cm³/mol. The fourth-order valence-electron chi connectivity index (χ4n) is 6.32. The van der Waals surface area contributed by atoms with Gasteiger partial charge >= 0.3 is 0 Å². The number of unbranched alkanes of at least 4 members (excludes halogenated alkanes) is 25. The smallest absolute Gasteiger partial charge is 0.220 e. The summed E-state index contributed by atoms with van der Waals surface area (Å²) >= 11 is 0. The van der Waals surface area contributed by atoms with Crippen molar-refractivity contribution in [2.75, 3.05) is 6.61 Å². The van der Waals surface area contributed by atoms with E-state index >= 15 is 0 Å².